The van der Waals surface area contributed by atoms with E-state index in [0.29, 0.717) is 12.8 Å². The van der Waals surface area contributed by atoms with Crippen molar-refractivity contribution in [2.45, 2.75) is 58.3 Å². The average molecular weight is 329 g/mol. The van der Waals surface area contributed by atoms with Crippen LogP contribution in [0.15, 0.2) is 24.3 Å². The van der Waals surface area contributed by atoms with Crippen LogP contribution in [0.1, 0.15) is 67.9 Å². The minimum Gasteiger partial charge on any atom is -0.481 e. The van der Waals surface area contributed by atoms with E-state index in [2.05, 4.69) is 11.5 Å². The van der Waals surface area contributed by atoms with Gasteiger partial charge in [0.05, 0.1) is 0 Å². The second-order valence-corrected chi connectivity index (χ2v) is 6.38. The van der Waals surface area contributed by atoms with Gasteiger partial charge in [0.2, 0.25) is 0 Å². The standard InChI is InChI=1S/C20H27NO3/c1-3-4-5-6-12-17-20(18(22)13-9-14-19(23)24)15-10-7-8-11-16(15)21(17)2/h7-8,10-11H,3-6,9,12-14H2,1-2H3,(H,23,24). The lowest BCUT2D eigenvalue weighted by atomic mass is 9.99. The lowest BCUT2D eigenvalue weighted by Gasteiger charge is -2.07. The zero-order chi connectivity index (χ0) is 17.5. The number of nitrogens with zero attached hydrogens (tertiary/aromatic N) is 1. The molecule has 0 aliphatic heterocycles. The maximum atomic E-state index is 12.8. The summed E-state index contributed by atoms with van der Waals surface area (Å²) in [6.45, 7) is 2.19. The van der Waals surface area contributed by atoms with Crippen molar-refractivity contribution in [3.05, 3.63) is 35.5 Å². The number of fused-ring (bicyclic) bond motifs is 1. The van der Waals surface area contributed by atoms with E-state index in [1.165, 1.54) is 19.3 Å². The summed E-state index contributed by atoms with van der Waals surface area (Å²) >= 11 is 0. The zero-order valence-electron chi connectivity index (χ0n) is 14.7. The Balaban J connectivity index is 2.27. The first-order valence-corrected chi connectivity index (χ1v) is 8.87. The number of Topliss-reactive ketones (excluding diaryl/α,β-unsaturated/α-hetero) is 1. The molecular weight excluding hydrogens is 302 g/mol. The van der Waals surface area contributed by atoms with Gasteiger partial charge in [-0.1, -0.05) is 44.4 Å². The molecule has 1 heterocycles. The molecule has 0 fully saturated rings. The third kappa shape index (κ3) is 4.25. The van der Waals surface area contributed by atoms with Gasteiger partial charge in [0.1, 0.15) is 0 Å². The highest BCUT2D eigenvalue weighted by atomic mass is 16.4. The fourth-order valence-electron chi connectivity index (χ4n) is 3.29. The van der Waals surface area contributed by atoms with Gasteiger partial charge < -0.3 is 9.67 Å². The van der Waals surface area contributed by atoms with Gasteiger partial charge in [0.15, 0.2) is 5.78 Å². The largest absolute Gasteiger partial charge is 0.481 e. The molecule has 1 aromatic heterocycles. The van der Waals surface area contributed by atoms with Crippen molar-refractivity contribution in [2.24, 2.45) is 7.05 Å². The predicted octanol–water partition coefficient (Wildman–Crippen LogP) is 4.74. The number of aliphatic carboxylic acids is 1. The summed E-state index contributed by atoms with van der Waals surface area (Å²) in [5.74, 6) is -0.779. The minimum absolute atomic E-state index is 0.0440. The number of unbranched alkanes of at least 4 members (excludes halogenated alkanes) is 3. The van der Waals surface area contributed by atoms with Gasteiger partial charge >= 0.3 is 5.97 Å². The van der Waals surface area contributed by atoms with Crippen molar-refractivity contribution in [2.75, 3.05) is 0 Å². The van der Waals surface area contributed by atoms with Crippen LogP contribution < -0.4 is 0 Å². The Kier molecular flexibility index (Phi) is 6.59. The second-order valence-electron chi connectivity index (χ2n) is 6.38. The fraction of sp³-hybridized carbons (Fsp3) is 0.500. The molecule has 0 unspecified atom stereocenters. The highest BCUT2D eigenvalue weighted by molar-refractivity contribution is 6.09. The van der Waals surface area contributed by atoms with Crippen molar-refractivity contribution in [1.82, 2.24) is 4.57 Å². The second kappa shape index (κ2) is 8.67. The van der Waals surface area contributed by atoms with Gasteiger partial charge in [-0.2, -0.15) is 0 Å². The van der Waals surface area contributed by atoms with E-state index in [9.17, 15) is 9.59 Å². The third-order valence-corrected chi connectivity index (χ3v) is 4.57. The number of carboxylic acid groups (broad SMARTS) is 1. The quantitative estimate of drug-likeness (QED) is 0.506. The highest BCUT2D eigenvalue weighted by Crippen LogP contribution is 2.28. The molecule has 0 bridgehead atoms. The predicted molar refractivity (Wildman–Crippen MR) is 96.6 cm³/mol. The number of rotatable bonds is 10. The number of aryl methyl sites for hydroxylation is 1. The lowest BCUT2D eigenvalue weighted by molar-refractivity contribution is -0.137. The molecule has 0 amide bonds. The van der Waals surface area contributed by atoms with E-state index in [-0.39, 0.29) is 12.2 Å². The number of carboxylic acids is 1. The molecule has 2 rings (SSSR count). The Hall–Kier alpha value is -2.10. The Labute approximate surface area is 143 Å². The summed E-state index contributed by atoms with van der Waals surface area (Å²) in [6.07, 6.45) is 6.28. The van der Waals surface area contributed by atoms with Gasteiger partial charge in [-0.15, -0.1) is 0 Å². The molecule has 4 nitrogen and oxygen atoms in total. The maximum Gasteiger partial charge on any atom is 0.303 e. The average Bonchev–Trinajstić information content (AvgIpc) is 2.84. The van der Waals surface area contributed by atoms with Crippen LogP contribution in [-0.2, 0) is 18.3 Å². The van der Waals surface area contributed by atoms with E-state index in [1.807, 2.05) is 31.3 Å². The Morgan fingerprint density at radius 3 is 2.50 bits per heavy atom. The first-order valence-electron chi connectivity index (χ1n) is 8.87. The third-order valence-electron chi connectivity index (χ3n) is 4.57. The van der Waals surface area contributed by atoms with Crippen molar-refractivity contribution < 1.29 is 14.7 Å². The summed E-state index contributed by atoms with van der Waals surface area (Å²) in [7, 11) is 2.02. The SMILES string of the molecule is CCCCCCc1c(C(=O)CCCC(=O)O)c2ccccc2n1C. The molecule has 4 heteroatoms. The van der Waals surface area contributed by atoms with Gasteiger partial charge in [0.25, 0.3) is 0 Å². The van der Waals surface area contributed by atoms with E-state index in [4.69, 9.17) is 5.11 Å². The van der Waals surface area contributed by atoms with E-state index >= 15 is 0 Å². The number of carbonyl (C=O) groups is 2. The molecule has 1 aromatic carbocycles. The normalized spacial score (nSPS) is 11.1. The molecule has 0 atom stereocenters. The summed E-state index contributed by atoms with van der Waals surface area (Å²) in [5.41, 5.74) is 2.96. The Bertz CT molecular complexity index is 715. The summed E-state index contributed by atoms with van der Waals surface area (Å²) in [5, 5.41) is 9.77. The van der Waals surface area contributed by atoms with Crippen LogP contribution in [-0.4, -0.2) is 21.4 Å². The first kappa shape index (κ1) is 18.2. The molecule has 0 radical (unpaired) electrons. The van der Waals surface area contributed by atoms with E-state index < -0.39 is 5.97 Å². The van der Waals surface area contributed by atoms with E-state index in [1.54, 1.807) is 0 Å². The van der Waals surface area contributed by atoms with Gasteiger partial charge in [-0.3, -0.25) is 9.59 Å². The molecule has 0 aliphatic carbocycles. The molecule has 0 saturated carbocycles. The zero-order valence-corrected chi connectivity index (χ0v) is 14.7. The van der Waals surface area contributed by atoms with Crippen LogP contribution in [0, 0.1) is 0 Å². The van der Waals surface area contributed by atoms with Crippen LogP contribution in [0.3, 0.4) is 0 Å². The number of para-hydroxylation sites is 1. The van der Waals surface area contributed by atoms with E-state index in [0.717, 1.165) is 35.0 Å². The number of ketones is 1. The van der Waals surface area contributed by atoms with Crippen molar-refractivity contribution in [3.8, 4) is 0 Å². The number of hydrogen-bond donors (Lipinski definition) is 1. The molecule has 24 heavy (non-hydrogen) atoms. The molecular formula is C20H27NO3. The van der Waals surface area contributed by atoms with Gasteiger partial charge in [-0.25, -0.2) is 0 Å². The van der Waals surface area contributed by atoms with Crippen molar-refractivity contribution >= 4 is 22.7 Å². The van der Waals surface area contributed by atoms with Crippen molar-refractivity contribution in [1.29, 1.82) is 0 Å². The highest BCUT2D eigenvalue weighted by Gasteiger charge is 2.20. The monoisotopic (exact) mass is 329 g/mol. The fourth-order valence-corrected chi connectivity index (χ4v) is 3.29. The topological polar surface area (TPSA) is 59.3 Å². The van der Waals surface area contributed by atoms with Crippen LogP contribution >= 0.6 is 0 Å². The number of hydrogen-bond acceptors (Lipinski definition) is 2. The first-order chi connectivity index (χ1) is 11.6. The van der Waals surface area contributed by atoms with Crippen LogP contribution in [0.25, 0.3) is 10.9 Å². The van der Waals surface area contributed by atoms with Crippen molar-refractivity contribution in [3.63, 3.8) is 0 Å². The molecule has 0 spiro atoms. The smallest absolute Gasteiger partial charge is 0.303 e. The molecule has 1 N–H and O–H groups in total. The molecule has 0 saturated heterocycles. The summed E-state index contributed by atoms with van der Waals surface area (Å²) < 4.78 is 2.13. The van der Waals surface area contributed by atoms with Gasteiger partial charge in [-0.05, 0) is 25.3 Å². The molecule has 2 aromatic rings. The van der Waals surface area contributed by atoms with Crippen LogP contribution in [0.2, 0.25) is 0 Å². The number of benzene rings is 1. The summed E-state index contributed by atoms with van der Waals surface area (Å²) in [6, 6.07) is 7.98. The Morgan fingerprint density at radius 2 is 1.79 bits per heavy atom. The molecule has 130 valence electrons. The van der Waals surface area contributed by atoms with Crippen LogP contribution in [0.5, 0.6) is 0 Å². The van der Waals surface area contributed by atoms with Gasteiger partial charge in [0, 0.05) is 42.0 Å². The summed E-state index contributed by atoms with van der Waals surface area (Å²) in [4.78, 5) is 23.4. The lowest BCUT2D eigenvalue weighted by Crippen LogP contribution is -2.07. The Morgan fingerprint density at radius 1 is 1.04 bits per heavy atom. The minimum atomic E-state index is -0.847. The number of aromatic nitrogens is 1. The molecule has 0 aliphatic rings. The number of carbonyl (C=O) groups excluding carboxylic acids is 1. The van der Waals surface area contributed by atoms with Crippen LogP contribution in [0.4, 0.5) is 0 Å². The maximum absolute atomic E-state index is 12.8.